The quantitative estimate of drug-likeness (QED) is 0.112. The second-order valence-electron chi connectivity index (χ2n) is 12.9. The van der Waals surface area contributed by atoms with E-state index in [-0.39, 0.29) is 12.0 Å². The lowest BCUT2D eigenvalue weighted by Crippen LogP contribution is -2.28. The van der Waals surface area contributed by atoms with Crippen molar-refractivity contribution in [3.8, 4) is 17.0 Å². The monoisotopic (exact) mass is 674 g/mol. The smallest absolute Gasteiger partial charge is 0.219 e. The van der Waals surface area contributed by atoms with E-state index in [0.29, 0.717) is 48.1 Å². The van der Waals surface area contributed by atoms with Crippen LogP contribution in [-0.4, -0.2) is 50.1 Å². The van der Waals surface area contributed by atoms with Crippen molar-refractivity contribution in [1.29, 1.82) is 0 Å². The molecule has 0 aliphatic heterocycles. The lowest BCUT2D eigenvalue weighted by atomic mass is 9.96. The van der Waals surface area contributed by atoms with E-state index in [4.69, 9.17) is 14.8 Å². The van der Waals surface area contributed by atoms with Crippen molar-refractivity contribution in [2.24, 2.45) is 13.0 Å². The van der Waals surface area contributed by atoms with Crippen molar-refractivity contribution >= 4 is 23.6 Å². The van der Waals surface area contributed by atoms with Crippen LogP contribution >= 0.6 is 0 Å². The Morgan fingerprint density at radius 3 is 2.24 bits per heavy atom. The number of aldehydes is 1. The van der Waals surface area contributed by atoms with Crippen LogP contribution in [0.3, 0.4) is 0 Å². The number of halogens is 1. The summed E-state index contributed by atoms with van der Waals surface area (Å²) in [6.45, 7) is 7.73. The third-order valence-corrected chi connectivity index (χ3v) is 8.57. The molecule has 0 radical (unpaired) electrons. The normalized spacial score (nSPS) is 12.6. The Hall–Kier alpha value is -5.55. The molecule has 0 spiro atoms. The predicted molar refractivity (Wildman–Crippen MR) is 195 cm³/mol. The SMILES string of the molecule is CNCC(C)Oc1ncc(F)cc1C(Nc1nc2c(C=O)cnn2c(N(Cc2ccccc2)Cc2ccccc2)c1-c1ccn(C)c1)C(C)C. The van der Waals surface area contributed by atoms with Gasteiger partial charge in [0, 0.05) is 50.2 Å². The van der Waals surface area contributed by atoms with Crippen LogP contribution in [0.1, 0.15) is 53.9 Å². The van der Waals surface area contributed by atoms with Crippen LogP contribution in [0.4, 0.5) is 16.0 Å². The third kappa shape index (κ3) is 7.52. The zero-order valence-electron chi connectivity index (χ0n) is 29.0. The molecule has 0 saturated heterocycles. The topological polar surface area (TPSA) is 102 Å². The molecule has 0 saturated carbocycles. The minimum atomic E-state index is -0.473. The number of aromatic nitrogens is 5. The number of aryl methyl sites for hydroxylation is 1. The van der Waals surface area contributed by atoms with Crippen molar-refractivity contribution in [3.63, 3.8) is 0 Å². The summed E-state index contributed by atoms with van der Waals surface area (Å²) in [5.41, 5.74) is 5.22. The summed E-state index contributed by atoms with van der Waals surface area (Å²) in [4.78, 5) is 24.1. The summed E-state index contributed by atoms with van der Waals surface area (Å²) in [5, 5.41) is 11.5. The first-order valence-corrected chi connectivity index (χ1v) is 16.8. The zero-order chi connectivity index (χ0) is 35.2. The fraction of sp³-hybridized carbons (Fsp3) is 0.282. The number of pyridine rings is 1. The highest BCUT2D eigenvalue weighted by atomic mass is 19.1. The molecule has 2 N–H and O–H groups in total. The average molecular weight is 675 g/mol. The number of benzene rings is 2. The van der Waals surface area contributed by atoms with Crippen molar-refractivity contribution in [2.75, 3.05) is 23.8 Å². The second kappa shape index (κ2) is 15.3. The maximum absolute atomic E-state index is 15.0. The van der Waals surface area contributed by atoms with Gasteiger partial charge in [0.1, 0.15) is 23.6 Å². The summed E-state index contributed by atoms with van der Waals surface area (Å²) >= 11 is 0. The number of rotatable bonds is 15. The van der Waals surface area contributed by atoms with Crippen molar-refractivity contribution in [3.05, 3.63) is 126 Å². The number of nitrogens with zero attached hydrogens (tertiary/aromatic N) is 6. The van der Waals surface area contributed by atoms with Gasteiger partial charge in [-0.15, -0.1) is 0 Å². The summed E-state index contributed by atoms with van der Waals surface area (Å²) < 4.78 is 24.9. The van der Waals surface area contributed by atoms with Gasteiger partial charge in [0.15, 0.2) is 11.9 Å². The van der Waals surface area contributed by atoms with Crippen molar-refractivity contribution in [2.45, 2.75) is 46.0 Å². The van der Waals surface area contributed by atoms with E-state index in [1.54, 1.807) is 10.7 Å². The number of fused-ring (bicyclic) bond motifs is 1. The number of likely N-dealkylation sites (N-methyl/N-ethyl adjacent to an activating group) is 1. The summed E-state index contributed by atoms with van der Waals surface area (Å²) in [7, 11) is 3.82. The fourth-order valence-electron chi connectivity index (χ4n) is 6.24. The van der Waals surface area contributed by atoms with E-state index in [1.807, 2.05) is 80.4 Å². The Morgan fingerprint density at radius 2 is 1.66 bits per heavy atom. The van der Waals surface area contributed by atoms with Gasteiger partial charge >= 0.3 is 0 Å². The largest absolute Gasteiger partial charge is 0.473 e. The molecule has 6 rings (SSSR count). The van der Waals surface area contributed by atoms with Gasteiger partial charge in [-0.25, -0.2) is 14.4 Å². The number of ether oxygens (including phenoxy) is 1. The molecule has 11 heteroatoms. The van der Waals surface area contributed by atoms with E-state index in [9.17, 15) is 9.18 Å². The van der Waals surface area contributed by atoms with Crippen LogP contribution < -0.4 is 20.3 Å². The Morgan fingerprint density at radius 1 is 0.980 bits per heavy atom. The third-order valence-electron chi connectivity index (χ3n) is 8.57. The molecule has 0 amide bonds. The highest BCUT2D eigenvalue weighted by Gasteiger charge is 2.29. The van der Waals surface area contributed by atoms with Crippen LogP contribution in [0.25, 0.3) is 16.8 Å². The van der Waals surface area contributed by atoms with E-state index >= 15 is 0 Å². The average Bonchev–Trinajstić information content (AvgIpc) is 3.73. The number of hydrogen-bond donors (Lipinski definition) is 2. The molecule has 0 aliphatic rings. The Bertz CT molecular complexity index is 2000. The standard InChI is InChI=1S/C39H43FN8O2/c1-26(2)35(33-18-32(40)21-42-38(33)50-27(3)19-41-4)44-36-34(30-16-17-46(5)24-30)39(48-37(45-36)31(25-49)20-43-48)47(22-28-12-8-6-9-13-28)23-29-14-10-7-11-15-29/h6-18,20-21,24-27,35,41H,19,22-23H2,1-5H3,(H,44,45). The number of carbonyl (C=O) groups excluding carboxylic acids is 1. The molecule has 6 aromatic rings. The van der Waals surface area contributed by atoms with Gasteiger partial charge in [0.05, 0.1) is 29.6 Å². The summed E-state index contributed by atoms with van der Waals surface area (Å²) in [5.74, 6) is 1.10. The Labute approximate surface area is 292 Å². The first kappa shape index (κ1) is 34.3. The Balaban J connectivity index is 1.60. The number of anilines is 2. The number of hydrogen-bond acceptors (Lipinski definition) is 8. The van der Waals surface area contributed by atoms with Crippen LogP contribution in [0, 0.1) is 11.7 Å². The second-order valence-corrected chi connectivity index (χ2v) is 12.9. The molecule has 10 nitrogen and oxygen atoms in total. The highest BCUT2D eigenvalue weighted by molar-refractivity contribution is 5.91. The molecule has 0 fully saturated rings. The first-order valence-electron chi connectivity index (χ1n) is 16.8. The first-order chi connectivity index (χ1) is 24.2. The Kier molecular flexibility index (Phi) is 10.5. The molecule has 50 heavy (non-hydrogen) atoms. The lowest BCUT2D eigenvalue weighted by Gasteiger charge is -2.31. The molecule has 4 aromatic heterocycles. The van der Waals surface area contributed by atoms with E-state index in [1.165, 1.54) is 12.3 Å². The fourth-order valence-corrected chi connectivity index (χ4v) is 6.24. The van der Waals surface area contributed by atoms with Crippen LogP contribution in [0.2, 0.25) is 0 Å². The highest BCUT2D eigenvalue weighted by Crippen LogP contribution is 2.42. The van der Waals surface area contributed by atoms with E-state index in [0.717, 1.165) is 34.4 Å². The predicted octanol–water partition coefficient (Wildman–Crippen LogP) is 7.08. The van der Waals surface area contributed by atoms with Gasteiger partial charge in [-0.1, -0.05) is 74.5 Å². The number of carbonyl (C=O) groups is 1. The molecule has 0 bridgehead atoms. The van der Waals surface area contributed by atoms with Gasteiger partial charge in [-0.05, 0) is 43.1 Å². The molecule has 258 valence electrons. The zero-order valence-corrected chi connectivity index (χ0v) is 29.0. The van der Waals surface area contributed by atoms with Gasteiger partial charge < -0.3 is 24.8 Å². The molecule has 4 heterocycles. The van der Waals surface area contributed by atoms with Gasteiger partial charge in [0.2, 0.25) is 5.88 Å². The maximum atomic E-state index is 15.0. The molecule has 0 aliphatic carbocycles. The number of nitrogens with one attached hydrogen (secondary N) is 2. The maximum Gasteiger partial charge on any atom is 0.219 e. The molecule has 2 atom stereocenters. The molecule has 2 unspecified atom stereocenters. The molecular weight excluding hydrogens is 631 g/mol. The minimum absolute atomic E-state index is 0.0501. The minimum Gasteiger partial charge on any atom is -0.473 e. The lowest BCUT2D eigenvalue weighted by molar-refractivity contribution is 0.112. The van der Waals surface area contributed by atoms with Gasteiger partial charge in [0.25, 0.3) is 0 Å². The summed E-state index contributed by atoms with van der Waals surface area (Å²) in [6, 6.07) is 23.5. The van der Waals surface area contributed by atoms with Crippen molar-refractivity contribution in [1.82, 2.24) is 29.5 Å². The summed E-state index contributed by atoms with van der Waals surface area (Å²) in [6.07, 6.45) is 7.30. The van der Waals surface area contributed by atoms with E-state index < -0.39 is 11.9 Å². The van der Waals surface area contributed by atoms with Gasteiger partial charge in [-0.3, -0.25) is 4.79 Å². The molecular formula is C39H43FN8O2. The van der Waals surface area contributed by atoms with Crippen LogP contribution in [-0.2, 0) is 20.1 Å². The van der Waals surface area contributed by atoms with Gasteiger partial charge in [-0.2, -0.15) is 9.61 Å². The van der Waals surface area contributed by atoms with Crippen LogP contribution in [0.5, 0.6) is 5.88 Å². The van der Waals surface area contributed by atoms with Crippen LogP contribution in [0.15, 0.2) is 97.6 Å². The van der Waals surface area contributed by atoms with E-state index in [2.05, 4.69) is 58.6 Å². The molecule has 2 aromatic carbocycles. The van der Waals surface area contributed by atoms with Crippen molar-refractivity contribution < 1.29 is 13.9 Å².